The highest BCUT2D eigenvalue weighted by molar-refractivity contribution is 5.05. The van der Waals surface area contributed by atoms with E-state index in [0.717, 1.165) is 49.6 Å². The number of aryl methyl sites for hydroxylation is 1. The molecule has 1 aromatic rings. The molecule has 0 aromatic carbocycles. The zero-order valence-corrected chi connectivity index (χ0v) is 13.7. The van der Waals surface area contributed by atoms with Crippen LogP contribution in [-0.2, 0) is 11.3 Å². The van der Waals surface area contributed by atoms with Crippen molar-refractivity contribution in [1.29, 1.82) is 0 Å². The van der Waals surface area contributed by atoms with Crippen LogP contribution in [0.2, 0.25) is 0 Å². The van der Waals surface area contributed by atoms with Gasteiger partial charge in [-0.15, -0.1) is 0 Å². The van der Waals surface area contributed by atoms with E-state index in [4.69, 9.17) is 9.15 Å². The fraction of sp³-hybridized carbons (Fsp3) is 0.778. The third-order valence-corrected chi connectivity index (χ3v) is 5.40. The number of nitrogens with zero attached hydrogens (tertiary/aromatic N) is 2. The van der Waals surface area contributed by atoms with Crippen molar-refractivity contribution in [3.8, 4) is 0 Å². The smallest absolute Gasteiger partial charge is 0.118 e. The molecule has 4 rings (SSSR count). The van der Waals surface area contributed by atoms with Gasteiger partial charge in [0, 0.05) is 32.1 Å². The van der Waals surface area contributed by atoms with Crippen molar-refractivity contribution in [3.05, 3.63) is 23.7 Å². The standard InChI is InChI=1S/C18H28N2O2/c1-14-2-5-17(22-14)12-19-7-6-16-11-20(10-15-3-4-15)8-9-21-18(16)13-19/h2,5,15-16,18H,3-4,6-13H2,1H3/t16-,18-/m0/s1. The maximum absolute atomic E-state index is 6.20. The Bertz CT molecular complexity index is 497. The Morgan fingerprint density at radius 3 is 2.77 bits per heavy atom. The van der Waals surface area contributed by atoms with Crippen LogP contribution in [0.3, 0.4) is 0 Å². The van der Waals surface area contributed by atoms with Crippen molar-refractivity contribution in [2.24, 2.45) is 11.8 Å². The molecule has 0 N–H and O–H groups in total. The molecule has 3 fully saturated rings. The predicted molar refractivity (Wildman–Crippen MR) is 85.7 cm³/mol. The van der Waals surface area contributed by atoms with Gasteiger partial charge < -0.3 is 14.1 Å². The van der Waals surface area contributed by atoms with Gasteiger partial charge in [0.05, 0.1) is 19.3 Å². The van der Waals surface area contributed by atoms with Crippen LogP contribution in [-0.4, -0.2) is 55.2 Å². The molecule has 1 aromatic heterocycles. The van der Waals surface area contributed by atoms with Crippen molar-refractivity contribution < 1.29 is 9.15 Å². The summed E-state index contributed by atoms with van der Waals surface area (Å²) in [5.41, 5.74) is 0. The molecule has 0 radical (unpaired) electrons. The lowest BCUT2D eigenvalue weighted by atomic mass is 9.93. The molecule has 3 aliphatic rings. The summed E-state index contributed by atoms with van der Waals surface area (Å²) in [5, 5.41) is 0. The van der Waals surface area contributed by atoms with Crippen LogP contribution < -0.4 is 0 Å². The Kier molecular flexibility index (Phi) is 4.25. The Balaban J connectivity index is 1.32. The van der Waals surface area contributed by atoms with Gasteiger partial charge >= 0.3 is 0 Å². The second-order valence-electron chi connectivity index (χ2n) is 7.41. The topological polar surface area (TPSA) is 28.9 Å². The third-order valence-electron chi connectivity index (χ3n) is 5.40. The normalized spacial score (nSPS) is 31.0. The number of hydrogen-bond donors (Lipinski definition) is 0. The van der Waals surface area contributed by atoms with E-state index < -0.39 is 0 Å². The molecule has 1 saturated carbocycles. The summed E-state index contributed by atoms with van der Waals surface area (Å²) in [4.78, 5) is 5.16. The van der Waals surface area contributed by atoms with Gasteiger partial charge in [-0.05, 0) is 50.8 Å². The van der Waals surface area contributed by atoms with Crippen LogP contribution >= 0.6 is 0 Å². The van der Waals surface area contributed by atoms with E-state index in [9.17, 15) is 0 Å². The van der Waals surface area contributed by atoms with Gasteiger partial charge in [0.25, 0.3) is 0 Å². The minimum atomic E-state index is 0.411. The summed E-state index contributed by atoms with van der Waals surface area (Å²) >= 11 is 0. The molecule has 2 atom stereocenters. The fourth-order valence-corrected chi connectivity index (χ4v) is 3.95. The number of fused-ring (bicyclic) bond motifs is 1. The van der Waals surface area contributed by atoms with E-state index in [-0.39, 0.29) is 0 Å². The first kappa shape index (κ1) is 14.7. The number of rotatable bonds is 4. The zero-order chi connectivity index (χ0) is 14.9. The number of ether oxygens (including phenoxy) is 1. The minimum absolute atomic E-state index is 0.411. The van der Waals surface area contributed by atoms with Crippen LogP contribution in [0, 0.1) is 18.8 Å². The van der Waals surface area contributed by atoms with Crippen molar-refractivity contribution in [2.75, 3.05) is 39.3 Å². The molecule has 4 heteroatoms. The number of hydrogen-bond acceptors (Lipinski definition) is 4. The second-order valence-corrected chi connectivity index (χ2v) is 7.41. The second kappa shape index (κ2) is 6.34. The SMILES string of the molecule is Cc1ccc(CN2CC[C@H]3CN(CC4CC4)CCO[C@H]3C2)o1. The summed E-state index contributed by atoms with van der Waals surface area (Å²) in [7, 11) is 0. The molecule has 3 heterocycles. The first-order valence-corrected chi connectivity index (χ1v) is 8.88. The van der Waals surface area contributed by atoms with Gasteiger partial charge in [-0.3, -0.25) is 4.90 Å². The van der Waals surface area contributed by atoms with Gasteiger partial charge in [-0.1, -0.05) is 0 Å². The van der Waals surface area contributed by atoms with Crippen LogP contribution in [0.15, 0.2) is 16.5 Å². The van der Waals surface area contributed by atoms with Crippen molar-refractivity contribution in [1.82, 2.24) is 9.80 Å². The third kappa shape index (κ3) is 3.55. The van der Waals surface area contributed by atoms with Gasteiger partial charge in [0.15, 0.2) is 0 Å². The lowest BCUT2D eigenvalue weighted by Crippen LogP contribution is -2.46. The fourth-order valence-electron chi connectivity index (χ4n) is 3.95. The van der Waals surface area contributed by atoms with Gasteiger partial charge in [-0.2, -0.15) is 0 Å². The van der Waals surface area contributed by atoms with Gasteiger partial charge in [-0.25, -0.2) is 0 Å². The molecule has 122 valence electrons. The summed E-state index contributed by atoms with van der Waals surface area (Å²) in [6, 6.07) is 4.16. The molecule has 0 amide bonds. The first-order chi connectivity index (χ1) is 10.8. The van der Waals surface area contributed by atoms with Crippen LogP contribution in [0.1, 0.15) is 30.8 Å². The minimum Gasteiger partial charge on any atom is -0.465 e. The van der Waals surface area contributed by atoms with Gasteiger partial charge in [0.1, 0.15) is 11.5 Å². The maximum Gasteiger partial charge on any atom is 0.118 e. The number of likely N-dealkylation sites (tertiary alicyclic amines) is 1. The Morgan fingerprint density at radius 1 is 1.09 bits per heavy atom. The predicted octanol–water partition coefficient (Wildman–Crippen LogP) is 2.52. The lowest BCUT2D eigenvalue weighted by Gasteiger charge is -2.37. The van der Waals surface area contributed by atoms with Crippen molar-refractivity contribution in [3.63, 3.8) is 0 Å². The maximum atomic E-state index is 6.20. The average Bonchev–Trinajstić information content (AvgIpc) is 3.25. The van der Waals surface area contributed by atoms with E-state index >= 15 is 0 Å². The number of piperidine rings is 1. The average molecular weight is 304 g/mol. The lowest BCUT2D eigenvalue weighted by molar-refractivity contribution is -0.0256. The molecule has 2 aliphatic heterocycles. The highest BCUT2D eigenvalue weighted by Gasteiger charge is 2.35. The Labute approximate surface area is 133 Å². The molecule has 2 saturated heterocycles. The molecule has 4 nitrogen and oxygen atoms in total. The van der Waals surface area contributed by atoms with Crippen LogP contribution in [0.25, 0.3) is 0 Å². The molecule has 0 bridgehead atoms. The summed E-state index contributed by atoms with van der Waals surface area (Å²) in [6.07, 6.45) is 4.56. The Hall–Kier alpha value is -0.840. The highest BCUT2D eigenvalue weighted by Crippen LogP contribution is 2.32. The first-order valence-electron chi connectivity index (χ1n) is 8.88. The molecule has 0 unspecified atom stereocenters. The van der Waals surface area contributed by atoms with E-state index in [1.165, 1.54) is 38.9 Å². The zero-order valence-electron chi connectivity index (χ0n) is 13.7. The van der Waals surface area contributed by atoms with Crippen molar-refractivity contribution >= 4 is 0 Å². The highest BCUT2D eigenvalue weighted by atomic mass is 16.5. The van der Waals surface area contributed by atoms with E-state index in [2.05, 4.69) is 21.9 Å². The Morgan fingerprint density at radius 2 is 2.00 bits per heavy atom. The molecule has 22 heavy (non-hydrogen) atoms. The molecule has 1 aliphatic carbocycles. The summed E-state index contributed by atoms with van der Waals surface area (Å²) in [5.74, 6) is 3.79. The quantitative estimate of drug-likeness (QED) is 0.855. The van der Waals surface area contributed by atoms with Crippen LogP contribution in [0.4, 0.5) is 0 Å². The summed E-state index contributed by atoms with van der Waals surface area (Å²) < 4.78 is 11.9. The molecule has 0 spiro atoms. The van der Waals surface area contributed by atoms with E-state index in [1.807, 2.05) is 6.92 Å². The summed E-state index contributed by atoms with van der Waals surface area (Å²) in [6.45, 7) is 9.74. The monoisotopic (exact) mass is 304 g/mol. The van der Waals surface area contributed by atoms with Crippen molar-refractivity contribution in [2.45, 2.75) is 38.8 Å². The molecular formula is C18H28N2O2. The van der Waals surface area contributed by atoms with E-state index in [1.54, 1.807) is 0 Å². The largest absolute Gasteiger partial charge is 0.465 e. The number of furan rings is 1. The molecular weight excluding hydrogens is 276 g/mol. The van der Waals surface area contributed by atoms with E-state index in [0.29, 0.717) is 6.10 Å². The van der Waals surface area contributed by atoms with Crippen LogP contribution in [0.5, 0.6) is 0 Å². The van der Waals surface area contributed by atoms with Gasteiger partial charge in [0.2, 0.25) is 0 Å².